The molecule has 0 saturated heterocycles. The predicted molar refractivity (Wildman–Crippen MR) is 80.2 cm³/mol. The average molecular weight is 321 g/mol. The number of hydrogen-bond donors (Lipinski definition) is 1. The van der Waals surface area contributed by atoms with E-state index in [-0.39, 0.29) is 6.04 Å². The van der Waals surface area contributed by atoms with E-state index in [9.17, 15) is 0 Å². The highest BCUT2D eigenvalue weighted by Gasteiger charge is 2.07. The van der Waals surface area contributed by atoms with Gasteiger partial charge in [-0.05, 0) is 37.3 Å². The summed E-state index contributed by atoms with van der Waals surface area (Å²) in [5, 5.41) is 0. The molecule has 1 atom stereocenters. The summed E-state index contributed by atoms with van der Waals surface area (Å²) in [7, 11) is 0. The molecule has 1 aromatic heterocycles. The smallest absolute Gasteiger partial charge is 0.120 e. The Balaban J connectivity index is 1.85. The van der Waals surface area contributed by atoms with Crippen molar-refractivity contribution in [2.24, 2.45) is 5.73 Å². The maximum Gasteiger partial charge on any atom is 0.120 e. The fraction of sp³-hybridized carbons (Fsp3) is 0.267. The van der Waals surface area contributed by atoms with Crippen molar-refractivity contribution in [3.05, 3.63) is 58.3 Å². The van der Waals surface area contributed by atoms with E-state index in [1.165, 1.54) is 0 Å². The molecule has 2 rings (SSSR count). The van der Waals surface area contributed by atoms with E-state index >= 15 is 0 Å². The first kappa shape index (κ1) is 14.0. The normalized spacial score (nSPS) is 12.2. The molecule has 0 amide bonds. The third-order valence-corrected chi connectivity index (χ3v) is 3.28. The van der Waals surface area contributed by atoms with E-state index in [1.807, 2.05) is 49.4 Å². The van der Waals surface area contributed by atoms with Crippen molar-refractivity contribution < 1.29 is 4.74 Å². The minimum atomic E-state index is -0.0907. The molecule has 100 valence electrons. The maximum absolute atomic E-state index is 6.11. The Labute approximate surface area is 121 Å². The summed E-state index contributed by atoms with van der Waals surface area (Å²) in [6, 6.07) is 13.6. The molecule has 19 heavy (non-hydrogen) atoms. The molecule has 0 aliphatic carbocycles. The maximum atomic E-state index is 6.11. The van der Waals surface area contributed by atoms with Crippen molar-refractivity contribution in [3.63, 3.8) is 0 Å². The lowest BCUT2D eigenvalue weighted by Gasteiger charge is -2.12. The molecule has 1 aromatic carbocycles. The third-order valence-electron chi connectivity index (χ3n) is 2.78. The Morgan fingerprint density at radius 2 is 2.05 bits per heavy atom. The van der Waals surface area contributed by atoms with Crippen LogP contribution >= 0.6 is 15.9 Å². The van der Waals surface area contributed by atoms with E-state index < -0.39 is 0 Å². The second kappa shape index (κ2) is 6.68. The van der Waals surface area contributed by atoms with Gasteiger partial charge in [0, 0.05) is 16.6 Å². The molecule has 0 saturated carbocycles. The molecule has 4 heteroatoms. The van der Waals surface area contributed by atoms with Gasteiger partial charge in [0.1, 0.15) is 5.75 Å². The lowest BCUT2D eigenvalue weighted by atomic mass is 10.1. The van der Waals surface area contributed by atoms with E-state index in [0.717, 1.165) is 28.0 Å². The number of nitrogens with two attached hydrogens (primary N) is 1. The molecule has 1 heterocycles. The van der Waals surface area contributed by atoms with Gasteiger partial charge in [-0.3, -0.25) is 4.98 Å². The number of nitrogens with zero attached hydrogens (tertiary/aromatic N) is 1. The van der Waals surface area contributed by atoms with E-state index in [1.54, 1.807) is 0 Å². The lowest BCUT2D eigenvalue weighted by molar-refractivity contribution is 0.297. The second-order valence-electron chi connectivity index (χ2n) is 4.40. The molecule has 0 radical (unpaired) electrons. The second-order valence-corrected chi connectivity index (χ2v) is 5.32. The van der Waals surface area contributed by atoms with Gasteiger partial charge in [0.25, 0.3) is 0 Å². The van der Waals surface area contributed by atoms with E-state index in [2.05, 4.69) is 20.9 Å². The van der Waals surface area contributed by atoms with Gasteiger partial charge in [-0.1, -0.05) is 28.1 Å². The van der Waals surface area contributed by atoms with Crippen LogP contribution in [0.2, 0.25) is 0 Å². The van der Waals surface area contributed by atoms with Crippen LogP contribution < -0.4 is 10.5 Å². The van der Waals surface area contributed by atoms with Crippen molar-refractivity contribution >= 4 is 15.9 Å². The van der Waals surface area contributed by atoms with Crippen LogP contribution in [0.1, 0.15) is 23.9 Å². The van der Waals surface area contributed by atoms with Crippen LogP contribution in [0.3, 0.4) is 0 Å². The van der Waals surface area contributed by atoms with Gasteiger partial charge >= 0.3 is 0 Å². The summed E-state index contributed by atoms with van der Waals surface area (Å²) in [5.74, 6) is 0.846. The number of halogens is 1. The first-order valence-corrected chi connectivity index (χ1v) is 7.02. The monoisotopic (exact) mass is 320 g/mol. The molecule has 1 unspecified atom stereocenters. The predicted octanol–water partition coefficient (Wildman–Crippen LogP) is 3.62. The number of aromatic nitrogens is 1. The third kappa shape index (κ3) is 4.33. The van der Waals surface area contributed by atoms with Crippen LogP contribution in [0.25, 0.3) is 0 Å². The molecular formula is C15H17BrN2O. The quantitative estimate of drug-likeness (QED) is 0.915. The van der Waals surface area contributed by atoms with Gasteiger partial charge in [-0.15, -0.1) is 0 Å². The zero-order valence-electron chi connectivity index (χ0n) is 10.8. The Morgan fingerprint density at radius 1 is 1.26 bits per heavy atom. The highest BCUT2D eigenvalue weighted by molar-refractivity contribution is 9.10. The zero-order chi connectivity index (χ0) is 13.7. The minimum absolute atomic E-state index is 0.0907. The van der Waals surface area contributed by atoms with Crippen molar-refractivity contribution in [1.29, 1.82) is 0 Å². The molecule has 3 nitrogen and oxygen atoms in total. The summed E-state index contributed by atoms with van der Waals surface area (Å²) in [4.78, 5) is 4.42. The summed E-state index contributed by atoms with van der Waals surface area (Å²) < 4.78 is 6.68. The van der Waals surface area contributed by atoms with Crippen molar-refractivity contribution in [2.75, 3.05) is 6.61 Å². The number of benzene rings is 1. The summed E-state index contributed by atoms with van der Waals surface area (Å²) >= 11 is 3.41. The molecule has 0 spiro atoms. The first-order valence-electron chi connectivity index (χ1n) is 6.22. The largest absolute Gasteiger partial charge is 0.493 e. The van der Waals surface area contributed by atoms with E-state index in [0.29, 0.717) is 6.61 Å². The van der Waals surface area contributed by atoms with E-state index in [4.69, 9.17) is 10.5 Å². The van der Waals surface area contributed by atoms with Crippen LogP contribution in [0.4, 0.5) is 0 Å². The molecule has 0 bridgehead atoms. The fourth-order valence-corrected chi connectivity index (χ4v) is 2.16. The fourth-order valence-electron chi connectivity index (χ4n) is 1.78. The van der Waals surface area contributed by atoms with Crippen LogP contribution in [-0.4, -0.2) is 11.6 Å². The summed E-state index contributed by atoms with van der Waals surface area (Å²) in [6.45, 7) is 2.54. The van der Waals surface area contributed by atoms with Gasteiger partial charge in [0.15, 0.2) is 0 Å². The highest BCUT2D eigenvalue weighted by atomic mass is 79.9. The summed E-state index contributed by atoms with van der Waals surface area (Å²) in [5.41, 5.74) is 8.01. The number of ether oxygens (including phenoxy) is 1. The lowest BCUT2D eigenvalue weighted by Crippen LogP contribution is -2.15. The number of pyridine rings is 1. The Bertz CT molecular complexity index is 545. The average Bonchev–Trinajstić information content (AvgIpc) is 2.38. The van der Waals surface area contributed by atoms with Crippen molar-refractivity contribution in [1.82, 2.24) is 4.98 Å². The standard InChI is InChI=1S/C15H17BrN2O/c1-11-4-2-7-15(18-11)14(17)8-9-19-13-6-3-5-12(16)10-13/h2-7,10,14H,8-9,17H2,1H3. The highest BCUT2D eigenvalue weighted by Crippen LogP contribution is 2.19. The van der Waals surface area contributed by atoms with Crippen LogP contribution in [0, 0.1) is 6.92 Å². The van der Waals surface area contributed by atoms with Crippen LogP contribution in [0.15, 0.2) is 46.9 Å². The first-order chi connectivity index (χ1) is 9.15. The SMILES string of the molecule is Cc1cccc(C(N)CCOc2cccc(Br)c2)n1. The molecule has 0 fully saturated rings. The number of aryl methyl sites for hydroxylation is 1. The van der Waals surface area contributed by atoms with Gasteiger partial charge in [0.2, 0.25) is 0 Å². The Hall–Kier alpha value is -1.39. The molecule has 0 aliphatic rings. The topological polar surface area (TPSA) is 48.1 Å². The van der Waals surface area contributed by atoms with Crippen molar-refractivity contribution in [3.8, 4) is 5.75 Å². The zero-order valence-corrected chi connectivity index (χ0v) is 12.4. The molecular weight excluding hydrogens is 304 g/mol. The van der Waals surface area contributed by atoms with Gasteiger partial charge in [0.05, 0.1) is 18.3 Å². The van der Waals surface area contributed by atoms with Crippen molar-refractivity contribution in [2.45, 2.75) is 19.4 Å². The van der Waals surface area contributed by atoms with Gasteiger partial charge < -0.3 is 10.5 Å². The van der Waals surface area contributed by atoms with Gasteiger partial charge in [-0.2, -0.15) is 0 Å². The van der Waals surface area contributed by atoms with Crippen LogP contribution in [0.5, 0.6) is 5.75 Å². The Kier molecular flexibility index (Phi) is 4.93. The minimum Gasteiger partial charge on any atom is -0.493 e. The van der Waals surface area contributed by atoms with Crippen LogP contribution in [-0.2, 0) is 0 Å². The van der Waals surface area contributed by atoms with Gasteiger partial charge in [-0.25, -0.2) is 0 Å². The number of rotatable bonds is 5. The molecule has 2 aromatic rings. The summed E-state index contributed by atoms with van der Waals surface area (Å²) in [6.07, 6.45) is 0.739. The Morgan fingerprint density at radius 3 is 2.79 bits per heavy atom. The number of hydrogen-bond acceptors (Lipinski definition) is 3. The molecule has 0 aliphatic heterocycles. The molecule has 2 N–H and O–H groups in total.